The maximum Gasteiger partial charge on any atom is 0.131 e. The van der Waals surface area contributed by atoms with Crippen molar-refractivity contribution in [1.82, 2.24) is 9.97 Å². The first kappa shape index (κ1) is 14.7. The van der Waals surface area contributed by atoms with Gasteiger partial charge in [-0.3, -0.25) is 0 Å². The van der Waals surface area contributed by atoms with E-state index in [1.807, 2.05) is 13.0 Å². The van der Waals surface area contributed by atoms with Crippen LogP contribution < -0.4 is 10.6 Å². The van der Waals surface area contributed by atoms with Gasteiger partial charge in [-0.15, -0.1) is 0 Å². The predicted octanol–water partition coefficient (Wildman–Crippen LogP) is 3.46. The number of anilines is 2. The highest BCUT2D eigenvalue weighted by molar-refractivity contribution is 5.47. The average Bonchev–Trinajstić information content (AvgIpc) is 2.24. The molecule has 4 heteroatoms. The summed E-state index contributed by atoms with van der Waals surface area (Å²) in [6, 6.07) is 1.98. The summed E-state index contributed by atoms with van der Waals surface area (Å²) >= 11 is 0. The molecule has 18 heavy (non-hydrogen) atoms. The Hall–Kier alpha value is -1.32. The van der Waals surface area contributed by atoms with Gasteiger partial charge in [-0.05, 0) is 25.2 Å². The van der Waals surface area contributed by atoms with Gasteiger partial charge in [-0.2, -0.15) is 0 Å². The van der Waals surface area contributed by atoms with E-state index in [1.165, 1.54) is 0 Å². The molecule has 0 radical (unpaired) electrons. The van der Waals surface area contributed by atoms with Gasteiger partial charge in [0, 0.05) is 19.2 Å². The SMILES string of the molecule is CCCNc1cc(NCCC(C)(C)C)nc(C)n1. The van der Waals surface area contributed by atoms with E-state index < -0.39 is 0 Å². The molecule has 0 saturated carbocycles. The third kappa shape index (κ3) is 5.84. The zero-order valence-electron chi connectivity index (χ0n) is 12.3. The van der Waals surface area contributed by atoms with Crippen LogP contribution in [-0.4, -0.2) is 23.1 Å². The Labute approximate surface area is 111 Å². The number of aromatic nitrogens is 2. The first-order valence-electron chi connectivity index (χ1n) is 6.74. The zero-order chi connectivity index (χ0) is 13.6. The molecule has 1 aromatic rings. The second-order valence-electron chi connectivity index (χ2n) is 5.85. The van der Waals surface area contributed by atoms with Crippen LogP contribution in [-0.2, 0) is 0 Å². The Kier molecular flexibility index (Phi) is 5.38. The van der Waals surface area contributed by atoms with Crippen molar-refractivity contribution >= 4 is 11.6 Å². The third-order valence-corrected chi connectivity index (χ3v) is 2.58. The molecule has 0 bridgehead atoms. The second kappa shape index (κ2) is 6.57. The van der Waals surface area contributed by atoms with E-state index in [0.717, 1.165) is 43.4 Å². The normalized spacial score (nSPS) is 11.4. The number of rotatable bonds is 6. The molecule has 102 valence electrons. The molecule has 0 aliphatic heterocycles. The van der Waals surface area contributed by atoms with Gasteiger partial charge >= 0.3 is 0 Å². The quantitative estimate of drug-likeness (QED) is 0.812. The smallest absolute Gasteiger partial charge is 0.131 e. The molecule has 0 spiro atoms. The minimum Gasteiger partial charge on any atom is -0.370 e. The zero-order valence-corrected chi connectivity index (χ0v) is 12.3. The third-order valence-electron chi connectivity index (χ3n) is 2.58. The maximum atomic E-state index is 4.40. The van der Waals surface area contributed by atoms with E-state index in [1.54, 1.807) is 0 Å². The lowest BCUT2D eigenvalue weighted by Gasteiger charge is -2.18. The number of hydrogen-bond acceptors (Lipinski definition) is 4. The molecule has 0 atom stereocenters. The first-order chi connectivity index (χ1) is 8.40. The highest BCUT2D eigenvalue weighted by Crippen LogP contribution is 2.18. The van der Waals surface area contributed by atoms with Crippen molar-refractivity contribution in [2.45, 2.75) is 47.5 Å². The standard InChI is InChI=1S/C14H26N4/c1-6-8-15-12-10-13(18-11(2)17-12)16-9-7-14(3,4)5/h10H,6-9H2,1-5H3,(H2,15,16,17,18). The van der Waals surface area contributed by atoms with E-state index in [-0.39, 0.29) is 0 Å². The fraction of sp³-hybridized carbons (Fsp3) is 0.714. The maximum absolute atomic E-state index is 4.40. The fourth-order valence-corrected chi connectivity index (χ4v) is 1.57. The predicted molar refractivity (Wildman–Crippen MR) is 78.1 cm³/mol. The molecule has 1 rings (SSSR count). The van der Waals surface area contributed by atoms with E-state index in [4.69, 9.17) is 0 Å². The average molecular weight is 250 g/mol. The molecule has 0 amide bonds. The van der Waals surface area contributed by atoms with Crippen molar-refractivity contribution in [3.05, 3.63) is 11.9 Å². The largest absolute Gasteiger partial charge is 0.370 e. The summed E-state index contributed by atoms with van der Waals surface area (Å²) < 4.78 is 0. The Bertz CT molecular complexity index is 369. The second-order valence-corrected chi connectivity index (χ2v) is 5.85. The highest BCUT2D eigenvalue weighted by atomic mass is 15.1. The fourth-order valence-electron chi connectivity index (χ4n) is 1.57. The van der Waals surface area contributed by atoms with Crippen LogP contribution in [0.3, 0.4) is 0 Å². The van der Waals surface area contributed by atoms with Crippen LogP contribution in [0.1, 0.15) is 46.4 Å². The van der Waals surface area contributed by atoms with E-state index >= 15 is 0 Å². The van der Waals surface area contributed by atoms with Gasteiger partial charge in [0.15, 0.2) is 0 Å². The molecule has 4 nitrogen and oxygen atoms in total. The molecule has 0 aromatic carbocycles. The van der Waals surface area contributed by atoms with Crippen molar-refractivity contribution in [3.63, 3.8) is 0 Å². The monoisotopic (exact) mass is 250 g/mol. The Morgan fingerprint density at radius 3 is 2.11 bits per heavy atom. The summed E-state index contributed by atoms with van der Waals surface area (Å²) in [4.78, 5) is 8.77. The number of aryl methyl sites for hydroxylation is 1. The molecular weight excluding hydrogens is 224 g/mol. The van der Waals surface area contributed by atoms with Crippen LogP contribution in [0.25, 0.3) is 0 Å². The summed E-state index contributed by atoms with van der Waals surface area (Å²) in [7, 11) is 0. The Morgan fingerprint density at radius 2 is 1.61 bits per heavy atom. The molecular formula is C14H26N4. The lowest BCUT2D eigenvalue weighted by atomic mass is 9.92. The Balaban J connectivity index is 2.57. The Morgan fingerprint density at radius 1 is 1.06 bits per heavy atom. The molecule has 0 unspecified atom stereocenters. The van der Waals surface area contributed by atoms with Crippen molar-refractivity contribution in [2.24, 2.45) is 5.41 Å². The molecule has 2 N–H and O–H groups in total. The van der Waals surface area contributed by atoms with Gasteiger partial charge < -0.3 is 10.6 Å². The van der Waals surface area contributed by atoms with Gasteiger partial charge in [-0.25, -0.2) is 9.97 Å². The number of nitrogens with zero attached hydrogens (tertiary/aromatic N) is 2. The summed E-state index contributed by atoms with van der Waals surface area (Å²) in [5.74, 6) is 2.61. The first-order valence-corrected chi connectivity index (χ1v) is 6.74. The van der Waals surface area contributed by atoms with Gasteiger partial charge in [-0.1, -0.05) is 27.7 Å². The van der Waals surface area contributed by atoms with Gasteiger partial charge in [0.1, 0.15) is 17.5 Å². The van der Waals surface area contributed by atoms with Gasteiger partial charge in [0.2, 0.25) is 0 Å². The van der Waals surface area contributed by atoms with E-state index in [0.29, 0.717) is 5.41 Å². The van der Waals surface area contributed by atoms with Crippen molar-refractivity contribution < 1.29 is 0 Å². The number of hydrogen-bond donors (Lipinski definition) is 2. The molecule has 0 saturated heterocycles. The summed E-state index contributed by atoms with van der Waals surface area (Å²) in [6.07, 6.45) is 2.21. The molecule has 1 heterocycles. The minimum atomic E-state index is 0.346. The summed E-state index contributed by atoms with van der Waals surface area (Å²) in [5, 5.41) is 6.66. The topological polar surface area (TPSA) is 49.8 Å². The summed E-state index contributed by atoms with van der Waals surface area (Å²) in [6.45, 7) is 12.7. The van der Waals surface area contributed by atoms with Crippen LogP contribution >= 0.6 is 0 Å². The van der Waals surface area contributed by atoms with Crippen molar-refractivity contribution in [1.29, 1.82) is 0 Å². The molecule has 0 aliphatic carbocycles. The highest BCUT2D eigenvalue weighted by Gasteiger charge is 2.09. The van der Waals surface area contributed by atoms with Crippen LogP contribution in [0, 0.1) is 12.3 Å². The minimum absolute atomic E-state index is 0.346. The summed E-state index contributed by atoms with van der Waals surface area (Å²) in [5.41, 5.74) is 0.346. The van der Waals surface area contributed by atoms with Crippen LogP contribution in [0.5, 0.6) is 0 Å². The van der Waals surface area contributed by atoms with Crippen molar-refractivity contribution in [3.8, 4) is 0 Å². The lowest BCUT2D eigenvalue weighted by molar-refractivity contribution is 0.389. The van der Waals surface area contributed by atoms with Crippen molar-refractivity contribution in [2.75, 3.05) is 23.7 Å². The van der Waals surface area contributed by atoms with Crippen LogP contribution in [0.15, 0.2) is 6.07 Å². The van der Waals surface area contributed by atoms with Gasteiger partial charge in [0.25, 0.3) is 0 Å². The number of nitrogens with one attached hydrogen (secondary N) is 2. The molecule has 0 fully saturated rings. The van der Waals surface area contributed by atoms with E-state index in [9.17, 15) is 0 Å². The lowest BCUT2D eigenvalue weighted by Crippen LogP contribution is -2.14. The molecule has 1 aromatic heterocycles. The van der Waals surface area contributed by atoms with Crippen LogP contribution in [0.2, 0.25) is 0 Å². The van der Waals surface area contributed by atoms with Crippen LogP contribution in [0.4, 0.5) is 11.6 Å². The van der Waals surface area contributed by atoms with Gasteiger partial charge in [0.05, 0.1) is 0 Å². The molecule has 0 aliphatic rings. The van der Waals surface area contributed by atoms with E-state index in [2.05, 4.69) is 48.3 Å².